The molecule has 2 aromatic rings. The number of nitrogens with zero attached hydrogens (tertiary/aromatic N) is 2. The topological polar surface area (TPSA) is 62.7 Å². The van der Waals surface area contributed by atoms with Crippen LogP contribution in [0.2, 0.25) is 0 Å². The molecule has 0 fully saturated rings. The predicted molar refractivity (Wildman–Crippen MR) is 72.3 cm³/mol. The van der Waals surface area contributed by atoms with Gasteiger partial charge in [0, 0.05) is 29.0 Å². The zero-order valence-electron chi connectivity index (χ0n) is 10.3. The lowest BCUT2D eigenvalue weighted by Gasteiger charge is -2.13. The molecular weight excluding hydrogens is 296 g/mol. The van der Waals surface area contributed by atoms with Gasteiger partial charge in [0.2, 0.25) is 0 Å². The van der Waals surface area contributed by atoms with Crippen LogP contribution in [-0.4, -0.2) is 20.7 Å². The van der Waals surface area contributed by atoms with Crippen molar-refractivity contribution < 1.29 is 4.79 Å². The zero-order chi connectivity index (χ0) is 13.1. The van der Waals surface area contributed by atoms with Crippen LogP contribution in [0.15, 0.2) is 29.1 Å². The first-order valence-corrected chi connectivity index (χ1v) is 6.56. The molecule has 0 saturated heterocycles. The lowest BCUT2D eigenvalue weighted by atomic mass is 10.2. The van der Waals surface area contributed by atoms with Gasteiger partial charge in [-0.3, -0.25) is 9.89 Å². The molecule has 0 spiro atoms. The molecule has 1 unspecified atom stereocenters. The summed E-state index contributed by atoms with van der Waals surface area (Å²) in [7, 11) is 0. The average Bonchev–Trinajstić information content (AvgIpc) is 2.96. The molecule has 0 aliphatic rings. The van der Waals surface area contributed by atoms with E-state index in [-0.39, 0.29) is 11.9 Å². The number of carbonyl (C=O) groups is 1. The quantitative estimate of drug-likeness (QED) is 0.911. The fraction of sp³-hybridized carbons (Fsp3) is 0.333. The third kappa shape index (κ3) is 2.64. The molecule has 2 rings (SSSR count). The van der Waals surface area contributed by atoms with Crippen molar-refractivity contribution in [2.45, 2.75) is 26.4 Å². The minimum absolute atomic E-state index is 0.0739. The molecule has 0 radical (unpaired) electrons. The van der Waals surface area contributed by atoms with Crippen molar-refractivity contribution >= 4 is 21.8 Å². The predicted octanol–water partition coefficient (Wildman–Crippen LogP) is 2.48. The van der Waals surface area contributed by atoms with Gasteiger partial charge in [0.05, 0.1) is 12.2 Å². The number of H-pyrrole nitrogens is 1. The molecule has 1 amide bonds. The zero-order valence-corrected chi connectivity index (χ0v) is 11.9. The molecular formula is C12H15BrN4O. The van der Waals surface area contributed by atoms with Crippen molar-refractivity contribution in [1.29, 1.82) is 0 Å². The van der Waals surface area contributed by atoms with E-state index in [1.54, 1.807) is 12.4 Å². The van der Waals surface area contributed by atoms with Gasteiger partial charge in [-0.2, -0.15) is 5.10 Å². The highest BCUT2D eigenvalue weighted by Crippen LogP contribution is 2.16. The lowest BCUT2D eigenvalue weighted by molar-refractivity contribution is 0.0930. The van der Waals surface area contributed by atoms with E-state index in [0.29, 0.717) is 5.69 Å². The first kappa shape index (κ1) is 12.9. The molecule has 96 valence electrons. The Morgan fingerprint density at radius 3 is 3.06 bits per heavy atom. The maximum Gasteiger partial charge on any atom is 0.268 e. The summed E-state index contributed by atoms with van der Waals surface area (Å²) in [6.07, 6.45) is 5.39. The van der Waals surface area contributed by atoms with Crippen molar-refractivity contribution in [3.8, 4) is 0 Å². The number of halogens is 1. The molecule has 6 heteroatoms. The van der Waals surface area contributed by atoms with Gasteiger partial charge in [0.15, 0.2) is 0 Å². The number of amides is 1. The largest absolute Gasteiger partial charge is 0.344 e. The van der Waals surface area contributed by atoms with Gasteiger partial charge < -0.3 is 9.88 Å². The van der Waals surface area contributed by atoms with Gasteiger partial charge in [-0.1, -0.05) is 0 Å². The molecule has 0 bridgehead atoms. The maximum absolute atomic E-state index is 12.2. The highest BCUT2D eigenvalue weighted by molar-refractivity contribution is 9.10. The van der Waals surface area contributed by atoms with E-state index >= 15 is 0 Å². The lowest BCUT2D eigenvalue weighted by Crippen LogP contribution is -2.28. The smallest absolute Gasteiger partial charge is 0.268 e. The van der Waals surface area contributed by atoms with E-state index in [2.05, 4.69) is 31.4 Å². The summed E-state index contributed by atoms with van der Waals surface area (Å²) in [4.78, 5) is 12.2. The number of carbonyl (C=O) groups excluding carboxylic acids is 1. The number of aryl methyl sites for hydroxylation is 1. The van der Waals surface area contributed by atoms with Crippen molar-refractivity contribution in [1.82, 2.24) is 20.1 Å². The minimum Gasteiger partial charge on any atom is -0.344 e. The minimum atomic E-state index is -0.0868. The van der Waals surface area contributed by atoms with Crippen molar-refractivity contribution in [2.24, 2.45) is 0 Å². The summed E-state index contributed by atoms with van der Waals surface area (Å²) in [5, 5.41) is 9.55. The fourth-order valence-corrected chi connectivity index (χ4v) is 2.24. The molecule has 2 heterocycles. The summed E-state index contributed by atoms with van der Waals surface area (Å²) >= 11 is 3.38. The normalized spacial score (nSPS) is 12.4. The van der Waals surface area contributed by atoms with Crippen LogP contribution in [0, 0.1) is 0 Å². The van der Waals surface area contributed by atoms with E-state index in [1.807, 2.05) is 30.7 Å². The second-order valence-electron chi connectivity index (χ2n) is 4.06. The molecule has 0 aromatic carbocycles. The van der Waals surface area contributed by atoms with Crippen LogP contribution in [0.5, 0.6) is 0 Å². The number of aromatic nitrogens is 3. The van der Waals surface area contributed by atoms with Crippen LogP contribution < -0.4 is 5.32 Å². The molecule has 5 nitrogen and oxygen atoms in total. The number of nitrogens with one attached hydrogen (secondary N) is 2. The van der Waals surface area contributed by atoms with E-state index in [4.69, 9.17) is 0 Å². The van der Waals surface area contributed by atoms with Gasteiger partial charge in [0.25, 0.3) is 5.91 Å². The summed E-state index contributed by atoms with van der Waals surface area (Å²) < 4.78 is 2.81. The van der Waals surface area contributed by atoms with Gasteiger partial charge in [-0.15, -0.1) is 0 Å². The number of aromatic amines is 1. The molecule has 2 N–H and O–H groups in total. The highest BCUT2D eigenvalue weighted by atomic mass is 79.9. The molecule has 0 saturated carbocycles. The molecule has 0 aliphatic carbocycles. The third-order valence-electron chi connectivity index (χ3n) is 2.80. The van der Waals surface area contributed by atoms with Gasteiger partial charge in [-0.25, -0.2) is 0 Å². The van der Waals surface area contributed by atoms with Crippen LogP contribution in [-0.2, 0) is 6.54 Å². The monoisotopic (exact) mass is 310 g/mol. The van der Waals surface area contributed by atoms with Crippen LogP contribution in [0.4, 0.5) is 0 Å². The average molecular weight is 311 g/mol. The number of hydrogen-bond acceptors (Lipinski definition) is 2. The molecule has 1 atom stereocenters. The molecule has 0 aliphatic heterocycles. The van der Waals surface area contributed by atoms with Crippen LogP contribution in [0.3, 0.4) is 0 Å². The second kappa shape index (κ2) is 5.39. The highest BCUT2D eigenvalue weighted by Gasteiger charge is 2.15. The summed E-state index contributed by atoms with van der Waals surface area (Å²) in [5.74, 6) is -0.0868. The second-order valence-corrected chi connectivity index (χ2v) is 4.97. The first-order valence-electron chi connectivity index (χ1n) is 5.77. The van der Waals surface area contributed by atoms with Crippen LogP contribution >= 0.6 is 15.9 Å². The Morgan fingerprint density at radius 1 is 1.67 bits per heavy atom. The van der Waals surface area contributed by atoms with E-state index < -0.39 is 0 Å². The maximum atomic E-state index is 12.2. The van der Waals surface area contributed by atoms with Gasteiger partial charge >= 0.3 is 0 Å². The van der Waals surface area contributed by atoms with Crippen LogP contribution in [0.25, 0.3) is 0 Å². The third-order valence-corrected chi connectivity index (χ3v) is 3.24. The van der Waals surface area contributed by atoms with E-state index in [9.17, 15) is 4.79 Å². The van der Waals surface area contributed by atoms with E-state index in [1.165, 1.54) is 0 Å². The Hall–Kier alpha value is -1.56. The standard InChI is InChI=1S/C12H15BrN4O/c1-3-17-7-10(13)4-11(17)12(18)16-8(2)9-5-14-15-6-9/h4-8H,3H2,1-2H3,(H,14,15)(H,16,18). The SMILES string of the molecule is CCn1cc(Br)cc1C(=O)NC(C)c1cn[nH]c1. The Labute approximate surface area is 114 Å². The summed E-state index contributed by atoms with van der Waals surface area (Å²) in [5.41, 5.74) is 1.61. The van der Waals surface area contributed by atoms with Gasteiger partial charge in [0.1, 0.15) is 5.69 Å². The summed E-state index contributed by atoms with van der Waals surface area (Å²) in [6, 6.07) is 1.75. The molecule has 2 aromatic heterocycles. The van der Waals surface area contributed by atoms with Gasteiger partial charge in [-0.05, 0) is 35.8 Å². The van der Waals surface area contributed by atoms with Crippen molar-refractivity contribution in [2.75, 3.05) is 0 Å². The summed E-state index contributed by atoms with van der Waals surface area (Å²) in [6.45, 7) is 4.69. The first-order chi connectivity index (χ1) is 8.61. The van der Waals surface area contributed by atoms with E-state index in [0.717, 1.165) is 16.6 Å². The van der Waals surface area contributed by atoms with Crippen molar-refractivity contribution in [3.63, 3.8) is 0 Å². The van der Waals surface area contributed by atoms with Crippen molar-refractivity contribution in [3.05, 3.63) is 40.4 Å². The Kier molecular flexibility index (Phi) is 3.86. The molecule has 18 heavy (non-hydrogen) atoms. The van der Waals surface area contributed by atoms with Crippen LogP contribution in [0.1, 0.15) is 35.9 Å². The number of hydrogen-bond donors (Lipinski definition) is 2. The Morgan fingerprint density at radius 2 is 2.44 bits per heavy atom. The fourth-order valence-electron chi connectivity index (χ4n) is 1.78. The number of rotatable bonds is 4. The Bertz CT molecular complexity index is 532. The Balaban J connectivity index is 2.12.